The van der Waals surface area contributed by atoms with E-state index in [-0.39, 0.29) is 18.2 Å². The van der Waals surface area contributed by atoms with Gasteiger partial charge >= 0.3 is 0 Å². The van der Waals surface area contributed by atoms with Crippen LogP contribution in [0.5, 0.6) is 0 Å². The largest absolute Gasteiger partial charge is 0.394 e. The first-order valence-electron chi connectivity index (χ1n) is 5.99. The molecule has 0 radical (unpaired) electrons. The van der Waals surface area contributed by atoms with Crippen LogP contribution >= 0.6 is 12.2 Å². The number of nitrogens with zero attached hydrogens (tertiary/aromatic N) is 1. The molecule has 0 unspecified atom stereocenters. The zero-order valence-electron chi connectivity index (χ0n) is 11.1. The van der Waals surface area contributed by atoms with Gasteiger partial charge in [-0.1, -0.05) is 6.07 Å². The Morgan fingerprint density at radius 1 is 1.50 bits per heavy atom. The second-order valence-corrected chi connectivity index (χ2v) is 5.70. The summed E-state index contributed by atoms with van der Waals surface area (Å²) in [7, 11) is 0. The Balaban J connectivity index is 2.50. The van der Waals surface area contributed by atoms with Gasteiger partial charge in [0.2, 0.25) is 0 Å². The predicted molar refractivity (Wildman–Crippen MR) is 77.4 cm³/mol. The first kappa shape index (κ1) is 14.9. The van der Waals surface area contributed by atoms with Gasteiger partial charge in [0, 0.05) is 17.9 Å². The lowest BCUT2D eigenvalue weighted by Gasteiger charge is -2.26. The van der Waals surface area contributed by atoms with Crippen molar-refractivity contribution in [3.05, 3.63) is 30.1 Å². The molecule has 0 saturated heterocycles. The molecule has 4 nitrogen and oxygen atoms in total. The van der Waals surface area contributed by atoms with E-state index in [1.54, 1.807) is 12.4 Å². The van der Waals surface area contributed by atoms with Crippen molar-refractivity contribution in [1.82, 2.24) is 15.6 Å². The van der Waals surface area contributed by atoms with Crippen LogP contribution in [0, 0.1) is 0 Å². The summed E-state index contributed by atoms with van der Waals surface area (Å²) in [5.74, 6) is 0. The summed E-state index contributed by atoms with van der Waals surface area (Å²) in [5, 5.41) is 16.2. The Hall–Kier alpha value is -1.20. The fourth-order valence-electron chi connectivity index (χ4n) is 1.53. The minimum absolute atomic E-state index is 0.0286. The molecular formula is C13H21N3OS. The van der Waals surface area contributed by atoms with E-state index in [4.69, 9.17) is 12.2 Å². The summed E-state index contributed by atoms with van der Waals surface area (Å²) in [6, 6.07) is 3.77. The first-order chi connectivity index (χ1) is 8.40. The van der Waals surface area contributed by atoms with Gasteiger partial charge in [0.15, 0.2) is 5.11 Å². The number of pyridine rings is 1. The number of nitrogens with one attached hydrogen (secondary N) is 2. The van der Waals surface area contributed by atoms with E-state index in [9.17, 15) is 5.11 Å². The quantitative estimate of drug-likeness (QED) is 0.717. The molecule has 0 aromatic carbocycles. The summed E-state index contributed by atoms with van der Waals surface area (Å²) in [4.78, 5) is 4.05. The van der Waals surface area contributed by atoms with E-state index in [0.29, 0.717) is 11.5 Å². The average molecular weight is 267 g/mol. The third kappa shape index (κ3) is 5.93. The van der Waals surface area contributed by atoms with Crippen molar-refractivity contribution in [2.24, 2.45) is 0 Å². The van der Waals surface area contributed by atoms with E-state index >= 15 is 0 Å². The number of aliphatic hydroxyl groups is 1. The van der Waals surface area contributed by atoms with Crippen molar-refractivity contribution in [3.8, 4) is 0 Å². The molecule has 1 heterocycles. The molecule has 1 aromatic heterocycles. The van der Waals surface area contributed by atoms with Gasteiger partial charge in [-0.2, -0.15) is 0 Å². The Kier molecular flexibility index (Phi) is 5.50. The molecule has 1 aromatic rings. The van der Waals surface area contributed by atoms with Crippen molar-refractivity contribution in [3.63, 3.8) is 0 Å². The molecule has 100 valence electrons. The maximum atomic E-state index is 9.36. The van der Waals surface area contributed by atoms with Gasteiger partial charge in [0.05, 0.1) is 12.6 Å². The van der Waals surface area contributed by atoms with E-state index in [1.165, 1.54) is 0 Å². The van der Waals surface area contributed by atoms with Crippen LogP contribution in [-0.4, -0.2) is 33.4 Å². The lowest BCUT2D eigenvalue weighted by atomic mass is 10.1. The topological polar surface area (TPSA) is 57.2 Å². The second kappa shape index (κ2) is 6.66. The van der Waals surface area contributed by atoms with Crippen LogP contribution in [0.1, 0.15) is 26.3 Å². The van der Waals surface area contributed by atoms with Crippen molar-refractivity contribution >= 4 is 17.3 Å². The monoisotopic (exact) mass is 267 g/mol. The molecule has 0 aliphatic heterocycles. The van der Waals surface area contributed by atoms with Crippen LogP contribution < -0.4 is 10.6 Å². The Bertz CT molecular complexity index is 376. The number of hydrogen-bond acceptors (Lipinski definition) is 3. The summed E-state index contributed by atoms with van der Waals surface area (Å²) in [6.07, 6.45) is 4.22. The SMILES string of the molecule is CC(C)(C)NC(=S)N[C@@H](CO)Cc1cccnc1. The minimum atomic E-state index is -0.100. The molecule has 0 amide bonds. The number of aliphatic hydroxyl groups excluding tert-OH is 1. The Morgan fingerprint density at radius 3 is 2.72 bits per heavy atom. The van der Waals surface area contributed by atoms with Gasteiger partial charge in [-0.15, -0.1) is 0 Å². The van der Waals surface area contributed by atoms with Crippen LogP contribution in [0.4, 0.5) is 0 Å². The zero-order valence-corrected chi connectivity index (χ0v) is 11.9. The number of aromatic nitrogens is 1. The highest BCUT2D eigenvalue weighted by Crippen LogP contribution is 2.02. The minimum Gasteiger partial charge on any atom is -0.394 e. The van der Waals surface area contributed by atoms with E-state index < -0.39 is 0 Å². The van der Waals surface area contributed by atoms with Crippen molar-refractivity contribution in [2.45, 2.75) is 38.8 Å². The highest BCUT2D eigenvalue weighted by molar-refractivity contribution is 7.80. The predicted octanol–water partition coefficient (Wildman–Crippen LogP) is 1.25. The maximum absolute atomic E-state index is 9.36. The molecule has 0 aliphatic rings. The van der Waals surface area contributed by atoms with E-state index in [0.717, 1.165) is 5.56 Å². The van der Waals surface area contributed by atoms with Crippen molar-refractivity contribution in [1.29, 1.82) is 0 Å². The third-order valence-electron chi connectivity index (χ3n) is 2.25. The molecule has 0 spiro atoms. The van der Waals surface area contributed by atoms with Gasteiger partial charge < -0.3 is 15.7 Å². The molecule has 0 aliphatic carbocycles. The lowest BCUT2D eigenvalue weighted by molar-refractivity contribution is 0.254. The number of hydrogen-bond donors (Lipinski definition) is 3. The molecule has 1 rings (SSSR count). The molecule has 0 fully saturated rings. The smallest absolute Gasteiger partial charge is 0.167 e. The van der Waals surface area contributed by atoms with Gasteiger partial charge in [0.1, 0.15) is 0 Å². The Labute approximate surface area is 114 Å². The second-order valence-electron chi connectivity index (χ2n) is 5.29. The Morgan fingerprint density at radius 2 is 2.22 bits per heavy atom. The van der Waals surface area contributed by atoms with Crippen LogP contribution in [-0.2, 0) is 6.42 Å². The highest BCUT2D eigenvalue weighted by Gasteiger charge is 2.14. The highest BCUT2D eigenvalue weighted by atomic mass is 32.1. The lowest BCUT2D eigenvalue weighted by Crippen LogP contribution is -2.50. The fourth-order valence-corrected chi connectivity index (χ4v) is 2.00. The van der Waals surface area contributed by atoms with Gasteiger partial charge in [-0.25, -0.2) is 0 Å². The summed E-state index contributed by atoms with van der Waals surface area (Å²) in [5.41, 5.74) is 0.987. The first-order valence-corrected chi connectivity index (χ1v) is 6.40. The van der Waals surface area contributed by atoms with Gasteiger partial charge in [0.25, 0.3) is 0 Å². The molecule has 3 N–H and O–H groups in total. The van der Waals surface area contributed by atoms with Gasteiger partial charge in [-0.3, -0.25) is 4.98 Å². The molecular weight excluding hydrogens is 246 g/mol. The number of rotatable bonds is 4. The third-order valence-corrected chi connectivity index (χ3v) is 2.47. The van der Waals surface area contributed by atoms with Crippen molar-refractivity contribution in [2.75, 3.05) is 6.61 Å². The molecule has 18 heavy (non-hydrogen) atoms. The normalized spacial score (nSPS) is 12.9. The standard InChI is InChI=1S/C13H21N3OS/c1-13(2,3)16-12(18)15-11(9-17)7-10-5-4-6-14-8-10/h4-6,8,11,17H,7,9H2,1-3H3,(H2,15,16,18)/t11-/m1/s1. The average Bonchev–Trinajstić information content (AvgIpc) is 2.27. The molecule has 0 bridgehead atoms. The van der Waals surface area contributed by atoms with E-state index in [1.807, 2.05) is 32.9 Å². The molecule has 1 atom stereocenters. The fraction of sp³-hybridized carbons (Fsp3) is 0.538. The van der Waals surface area contributed by atoms with Crippen molar-refractivity contribution < 1.29 is 5.11 Å². The molecule has 0 saturated carbocycles. The molecule has 5 heteroatoms. The van der Waals surface area contributed by atoms with Crippen LogP contribution in [0.3, 0.4) is 0 Å². The van der Waals surface area contributed by atoms with Gasteiger partial charge in [-0.05, 0) is 51.0 Å². The van der Waals surface area contributed by atoms with E-state index in [2.05, 4.69) is 15.6 Å². The van der Waals surface area contributed by atoms with Crippen LogP contribution in [0.15, 0.2) is 24.5 Å². The number of thiocarbonyl (C=S) groups is 1. The zero-order chi connectivity index (χ0) is 13.6. The maximum Gasteiger partial charge on any atom is 0.167 e. The summed E-state index contributed by atoms with van der Waals surface area (Å²) >= 11 is 5.21. The summed E-state index contributed by atoms with van der Waals surface area (Å²) < 4.78 is 0. The summed E-state index contributed by atoms with van der Waals surface area (Å²) in [6.45, 7) is 6.14. The van der Waals surface area contributed by atoms with Crippen LogP contribution in [0.2, 0.25) is 0 Å². The van der Waals surface area contributed by atoms with Crippen LogP contribution in [0.25, 0.3) is 0 Å².